The second-order valence-corrected chi connectivity index (χ2v) is 9.42. The van der Waals surface area contributed by atoms with Crippen molar-refractivity contribution >= 4 is 22.9 Å². The summed E-state index contributed by atoms with van der Waals surface area (Å²) < 4.78 is 0. The van der Waals surface area contributed by atoms with Gasteiger partial charge in [-0.1, -0.05) is 6.92 Å². The van der Waals surface area contributed by atoms with Crippen molar-refractivity contribution in [3.63, 3.8) is 0 Å². The highest BCUT2D eigenvalue weighted by Crippen LogP contribution is 2.57. The third-order valence-electron chi connectivity index (χ3n) is 7.00. The van der Waals surface area contributed by atoms with Crippen LogP contribution < -0.4 is 0 Å². The molecule has 3 fully saturated rings. The number of Topliss-reactive ketones (excluding diaryl/α,β-unsaturated/α-hetero) is 2. The van der Waals surface area contributed by atoms with Gasteiger partial charge in [0.05, 0.1) is 0 Å². The first kappa shape index (κ1) is 15.6. The van der Waals surface area contributed by atoms with Gasteiger partial charge in [-0.25, -0.2) is 0 Å². The van der Waals surface area contributed by atoms with Crippen molar-refractivity contribution in [2.45, 2.75) is 64.7 Å². The SMILES string of the molecule is Cc1sccc1[C@H]1CC(=O)[C@@H]2CC[C@@]3(C)CCCC(=O)[C@@H]3C2C1. The van der Waals surface area contributed by atoms with Gasteiger partial charge in [0.15, 0.2) is 0 Å². The van der Waals surface area contributed by atoms with Gasteiger partial charge in [0.1, 0.15) is 11.6 Å². The van der Waals surface area contributed by atoms with Crippen LogP contribution in [0.1, 0.15) is 68.2 Å². The molecule has 1 aromatic heterocycles. The second kappa shape index (κ2) is 5.54. The summed E-state index contributed by atoms with van der Waals surface area (Å²) in [5.41, 5.74) is 1.51. The number of aryl methyl sites for hydroxylation is 1. The minimum atomic E-state index is 0.140. The highest BCUT2D eigenvalue weighted by Gasteiger charge is 2.54. The topological polar surface area (TPSA) is 34.1 Å². The summed E-state index contributed by atoms with van der Waals surface area (Å²) >= 11 is 1.77. The molecule has 124 valence electrons. The minimum absolute atomic E-state index is 0.140. The summed E-state index contributed by atoms with van der Waals surface area (Å²) in [4.78, 5) is 26.9. The molecule has 0 aromatic carbocycles. The lowest BCUT2D eigenvalue weighted by Crippen LogP contribution is -2.51. The van der Waals surface area contributed by atoms with Gasteiger partial charge in [0, 0.05) is 29.6 Å². The van der Waals surface area contributed by atoms with E-state index in [9.17, 15) is 9.59 Å². The molecule has 0 radical (unpaired) electrons. The average Bonchev–Trinajstić information content (AvgIpc) is 2.92. The molecule has 0 bridgehead atoms. The number of fused-ring (bicyclic) bond motifs is 3. The van der Waals surface area contributed by atoms with Crippen LogP contribution in [0.5, 0.6) is 0 Å². The lowest BCUT2D eigenvalue weighted by molar-refractivity contribution is -0.146. The Morgan fingerprint density at radius 2 is 2.04 bits per heavy atom. The van der Waals surface area contributed by atoms with Crippen molar-refractivity contribution in [2.24, 2.45) is 23.2 Å². The van der Waals surface area contributed by atoms with Gasteiger partial charge in [-0.3, -0.25) is 9.59 Å². The first-order chi connectivity index (χ1) is 11.0. The van der Waals surface area contributed by atoms with Crippen LogP contribution in [0.2, 0.25) is 0 Å². The lowest BCUT2D eigenvalue weighted by atomic mass is 9.50. The normalized spacial score (nSPS) is 40.6. The Balaban J connectivity index is 1.68. The molecule has 5 atom stereocenters. The molecule has 0 spiro atoms. The van der Waals surface area contributed by atoms with E-state index in [2.05, 4.69) is 25.3 Å². The highest BCUT2D eigenvalue weighted by molar-refractivity contribution is 7.10. The Bertz CT molecular complexity index is 646. The third kappa shape index (κ3) is 2.43. The first-order valence-corrected chi connectivity index (χ1v) is 9.97. The molecule has 1 unspecified atom stereocenters. The van der Waals surface area contributed by atoms with Crippen LogP contribution in [-0.4, -0.2) is 11.6 Å². The van der Waals surface area contributed by atoms with Crippen molar-refractivity contribution in [1.29, 1.82) is 0 Å². The van der Waals surface area contributed by atoms with E-state index in [-0.39, 0.29) is 17.3 Å². The standard InChI is InChI=1S/C20H26O2S/c1-12-14(6-9-23-12)13-10-16-15(18(22)11-13)5-8-20(2)7-3-4-17(21)19(16)20/h6,9,13,15-16,19H,3-5,7-8,10-11H2,1-2H3/t13-,15-,16?,19+,20-/m1/s1. The van der Waals surface area contributed by atoms with Gasteiger partial charge < -0.3 is 0 Å². The van der Waals surface area contributed by atoms with E-state index in [1.165, 1.54) is 16.9 Å². The fraction of sp³-hybridized carbons (Fsp3) is 0.700. The number of carbonyl (C=O) groups excluding carboxylic acids is 2. The Morgan fingerprint density at radius 1 is 1.22 bits per heavy atom. The molecule has 3 saturated carbocycles. The summed E-state index contributed by atoms with van der Waals surface area (Å²) in [6.07, 6.45) is 6.76. The second-order valence-electron chi connectivity index (χ2n) is 8.30. The van der Waals surface area contributed by atoms with Crippen molar-refractivity contribution in [3.05, 3.63) is 21.9 Å². The predicted molar refractivity (Wildman–Crippen MR) is 92.7 cm³/mol. The van der Waals surface area contributed by atoms with Crippen LogP contribution in [0.3, 0.4) is 0 Å². The summed E-state index contributed by atoms with van der Waals surface area (Å²) in [6, 6.07) is 2.20. The van der Waals surface area contributed by atoms with Gasteiger partial charge in [0.2, 0.25) is 0 Å². The molecule has 1 heterocycles. The molecule has 3 heteroatoms. The van der Waals surface area contributed by atoms with E-state index in [0.29, 0.717) is 29.8 Å². The maximum absolute atomic E-state index is 12.8. The van der Waals surface area contributed by atoms with Crippen molar-refractivity contribution in [1.82, 2.24) is 0 Å². The fourth-order valence-electron chi connectivity index (χ4n) is 5.90. The molecule has 4 rings (SSSR count). The van der Waals surface area contributed by atoms with Crippen LogP contribution in [0.25, 0.3) is 0 Å². The number of hydrogen-bond acceptors (Lipinski definition) is 3. The van der Waals surface area contributed by atoms with E-state index >= 15 is 0 Å². The zero-order chi connectivity index (χ0) is 16.2. The minimum Gasteiger partial charge on any atom is -0.299 e. The first-order valence-electron chi connectivity index (χ1n) is 9.09. The van der Waals surface area contributed by atoms with Gasteiger partial charge >= 0.3 is 0 Å². The van der Waals surface area contributed by atoms with Crippen LogP contribution in [-0.2, 0) is 9.59 Å². The lowest BCUT2D eigenvalue weighted by Gasteiger charge is -2.53. The molecule has 0 N–H and O–H groups in total. The summed E-state index contributed by atoms with van der Waals surface area (Å²) in [5, 5.41) is 2.14. The molecule has 0 amide bonds. The van der Waals surface area contributed by atoms with E-state index in [1.807, 2.05) is 0 Å². The van der Waals surface area contributed by atoms with E-state index in [0.717, 1.165) is 32.1 Å². The van der Waals surface area contributed by atoms with Crippen molar-refractivity contribution < 1.29 is 9.59 Å². The molecule has 0 saturated heterocycles. The van der Waals surface area contributed by atoms with Gasteiger partial charge in [-0.15, -0.1) is 11.3 Å². The molecule has 0 aliphatic heterocycles. The van der Waals surface area contributed by atoms with E-state index < -0.39 is 0 Å². The van der Waals surface area contributed by atoms with Crippen LogP contribution >= 0.6 is 11.3 Å². The van der Waals surface area contributed by atoms with Crippen LogP contribution in [0.4, 0.5) is 0 Å². The maximum atomic E-state index is 12.8. The van der Waals surface area contributed by atoms with Crippen molar-refractivity contribution in [3.8, 4) is 0 Å². The van der Waals surface area contributed by atoms with Gasteiger partial charge in [0.25, 0.3) is 0 Å². The number of ketones is 2. The fourth-order valence-corrected chi connectivity index (χ4v) is 6.68. The quantitative estimate of drug-likeness (QED) is 0.733. The molecular weight excluding hydrogens is 304 g/mol. The Morgan fingerprint density at radius 3 is 2.78 bits per heavy atom. The third-order valence-corrected chi connectivity index (χ3v) is 7.86. The molecule has 3 aliphatic carbocycles. The zero-order valence-electron chi connectivity index (χ0n) is 14.1. The van der Waals surface area contributed by atoms with E-state index in [1.54, 1.807) is 11.3 Å². The van der Waals surface area contributed by atoms with Crippen molar-refractivity contribution in [2.75, 3.05) is 0 Å². The Hall–Kier alpha value is -0.960. The molecule has 23 heavy (non-hydrogen) atoms. The van der Waals surface area contributed by atoms with E-state index in [4.69, 9.17) is 0 Å². The molecule has 2 nitrogen and oxygen atoms in total. The average molecular weight is 330 g/mol. The molecule has 1 aromatic rings. The largest absolute Gasteiger partial charge is 0.299 e. The zero-order valence-corrected chi connectivity index (χ0v) is 15.0. The Kier molecular flexibility index (Phi) is 3.75. The van der Waals surface area contributed by atoms with Crippen LogP contribution in [0.15, 0.2) is 11.4 Å². The molecule has 3 aliphatic rings. The summed E-state index contributed by atoms with van der Waals surface area (Å²) in [6.45, 7) is 4.47. The molecular formula is C20H26O2S. The Labute approximate surface area is 142 Å². The smallest absolute Gasteiger partial charge is 0.136 e. The predicted octanol–water partition coefficient (Wildman–Crippen LogP) is 4.90. The number of hydrogen-bond donors (Lipinski definition) is 0. The summed E-state index contributed by atoms with van der Waals surface area (Å²) in [7, 11) is 0. The van der Waals surface area contributed by atoms with Crippen LogP contribution in [0, 0.1) is 30.1 Å². The number of rotatable bonds is 1. The monoisotopic (exact) mass is 330 g/mol. The summed E-state index contributed by atoms with van der Waals surface area (Å²) in [5.74, 6) is 1.81. The van der Waals surface area contributed by atoms with Gasteiger partial charge in [-0.05, 0) is 73.3 Å². The number of thiophene rings is 1. The number of carbonyl (C=O) groups is 2. The highest BCUT2D eigenvalue weighted by atomic mass is 32.1. The maximum Gasteiger partial charge on any atom is 0.136 e. The van der Waals surface area contributed by atoms with Gasteiger partial charge in [-0.2, -0.15) is 0 Å².